The highest BCUT2D eigenvalue weighted by molar-refractivity contribution is 5.81. The Bertz CT molecular complexity index is 919. The number of amides is 1. The first kappa shape index (κ1) is 20.5. The summed E-state index contributed by atoms with van der Waals surface area (Å²) in [7, 11) is 0. The van der Waals surface area contributed by atoms with Crippen molar-refractivity contribution in [2.75, 3.05) is 26.2 Å². The van der Waals surface area contributed by atoms with Gasteiger partial charge in [0.15, 0.2) is 0 Å². The van der Waals surface area contributed by atoms with Gasteiger partial charge in [0.1, 0.15) is 12.2 Å². The van der Waals surface area contributed by atoms with E-state index in [1.807, 2.05) is 26.0 Å². The summed E-state index contributed by atoms with van der Waals surface area (Å²) in [5.41, 5.74) is 3.91. The van der Waals surface area contributed by atoms with Gasteiger partial charge in [-0.3, -0.25) is 14.2 Å². The fraction of sp³-hybridized carbons (Fsp3) is 0.591. The average Bonchev–Trinajstić information content (AvgIpc) is 2.65. The van der Waals surface area contributed by atoms with Gasteiger partial charge in [-0.05, 0) is 82.3 Å². The summed E-state index contributed by atoms with van der Waals surface area (Å²) >= 11 is 0. The number of fused-ring (bicyclic) bond motifs is 1. The summed E-state index contributed by atoms with van der Waals surface area (Å²) in [4.78, 5) is 32.0. The van der Waals surface area contributed by atoms with E-state index in [4.69, 9.17) is 0 Å². The van der Waals surface area contributed by atoms with Gasteiger partial charge in [0, 0.05) is 13.1 Å². The maximum atomic E-state index is 12.6. The molecule has 1 fully saturated rings. The molecule has 1 unspecified atom stereocenters. The maximum Gasteiger partial charge on any atom is 0.272 e. The molecule has 1 aromatic heterocycles. The summed E-state index contributed by atoms with van der Waals surface area (Å²) in [6.45, 7) is 12.0. The second-order valence-corrected chi connectivity index (χ2v) is 8.27. The third-order valence-electron chi connectivity index (χ3n) is 5.74. The van der Waals surface area contributed by atoms with Crippen molar-refractivity contribution in [2.24, 2.45) is 5.92 Å². The molecule has 0 radical (unpaired) electrons. The minimum atomic E-state index is -0.201. The van der Waals surface area contributed by atoms with Gasteiger partial charge < -0.3 is 10.2 Å². The van der Waals surface area contributed by atoms with Gasteiger partial charge in [-0.25, -0.2) is 4.98 Å². The van der Waals surface area contributed by atoms with Crippen LogP contribution in [0, 0.1) is 26.7 Å². The Balaban J connectivity index is 1.62. The van der Waals surface area contributed by atoms with Crippen LogP contribution < -0.4 is 10.9 Å². The number of aromatic nitrogens is 2. The van der Waals surface area contributed by atoms with Gasteiger partial charge in [0.25, 0.3) is 5.56 Å². The lowest BCUT2D eigenvalue weighted by molar-refractivity contribution is -0.121. The second-order valence-electron chi connectivity index (χ2n) is 8.27. The predicted octanol–water partition coefficient (Wildman–Crippen LogP) is 2.56. The van der Waals surface area contributed by atoms with Gasteiger partial charge in [-0.1, -0.05) is 6.92 Å². The molecule has 1 aliphatic rings. The van der Waals surface area contributed by atoms with Crippen molar-refractivity contribution in [1.29, 1.82) is 0 Å². The fourth-order valence-corrected chi connectivity index (χ4v) is 4.00. The number of nitrogens with one attached hydrogen (secondary N) is 1. The third-order valence-corrected chi connectivity index (χ3v) is 5.74. The molecule has 2 aromatic rings. The third kappa shape index (κ3) is 4.79. The average molecular weight is 385 g/mol. The first-order chi connectivity index (χ1) is 13.3. The van der Waals surface area contributed by atoms with E-state index >= 15 is 0 Å². The number of likely N-dealkylation sites (tertiary alicyclic amines) is 1. The van der Waals surface area contributed by atoms with Crippen molar-refractivity contribution in [3.05, 3.63) is 39.3 Å². The molecule has 0 aliphatic carbocycles. The highest BCUT2D eigenvalue weighted by atomic mass is 16.2. The zero-order chi connectivity index (χ0) is 20.3. The number of piperidine rings is 1. The number of benzene rings is 1. The minimum Gasteiger partial charge on any atom is -0.355 e. The monoisotopic (exact) mass is 384 g/mol. The van der Waals surface area contributed by atoms with E-state index in [1.54, 1.807) is 11.5 Å². The SMILES string of the molecule is Cc1cc2nc(C)c(=O)n(CC(=O)NCCCN3CCCC(C)C3)c2cc1C. The molecule has 1 N–H and O–H groups in total. The van der Waals surface area contributed by atoms with Crippen LogP contribution in [-0.2, 0) is 11.3 Å². The lowest BCUT2D eigenvalue weighted by Gasteiger charge is -2.30. The van der Waals surface area contributed by atoms with Crippen LogP contribution in [0.15, 0.2) is 16.9 Å². The molecule has 1 atom stereocenters. The normalized spacial score (nSPS) is 17.8. The van der Waals surface area contributed by atoms with Crippen molar-refractivity contribution >= 4 is 16.9 Å². The molecular weight excluding hydrogens is 352 g/mol. The minimum absolute atomic E-state index is 0.0297. The number of nitrogens with zero attached hydrogens (tertiary/aromatic N) is 3. The van der Waals surface area contributed by atoms with Crippen LogP contribution >= 0.6 is 0 Å². The van der Waals surface area contributed by atoms with Crippen LogP contribution in [0.4, 0.5) is 0 Å². The zero-order valence-electron chi connectivity index (χ0n) is 17.5. The molecule has 3 rings (SSSR count). The number of aryl methyl sites for hydroxylation is 3. The summed E-state index contributed by atoms with van der Waals surface area (Å²) in [6, 6.07) is 3.93. The maximum absolute atomic E-state index is 12.6. The molecule has 1 aliphatic heterocycles. The molecule has 0 saturated carbocycles. The fourth-order valence-electron chi connectivity index (χ4n) is 4.00. The van der Waals surface area contributed by atoms with Gasteiger partial charge in [0.2, 0.25) is 5.91 Å². The topological polar surface area (TPSA) is 67.2 Å². The van der Waals surface area contributed by atoms with Gasteiger partial charge in [0.05, 0.1) is 11.0 Å². The first-order valence-electron chi connectivity index (χ1n) is 10.3. The molecular formula is C22H32N4O2. The van der Waals surface area contributed by atoms with Crippen LogP contribution in [0.2, 0.25) is 0 Å². The van der Waals surface area contributed by atoms with E-state index in [0.717, 1.165) is 54.1 Å². The number of carbonyl (C=O) groups excluding carboxylic acids is 1. The van der Waals surface area contributed by atoms with Crippen LogP contribution in [0.1, 0.15) is 43.0 Å². The van der Waals surface area contributed by atoms with Crippen molar-refractivity contribution in [1.82, 2.24) is 19.8 Å². The number of hydrogen-bond donors (Lipinski definition) is 1. The van der Waals surface area contributed by atoms with Crippen molar-refractivity contribution in [3.8, 4) is 0 Å². The molecule has 1 saturated heterocycles. The van der Waals surface area contributed by atoms with Crippen molar-refractivity contribution in [3.63, 3.8) is 0 Å². The Labute approximate surface area is 166 Å². The Morgan fingerprint density at radius 3 is 2.75 bits per heavy atom. The summed E-state index contributed by atoms with van der Waals surface area (Å²) < 4.78 is 1.55. The molecule has 0 spiro atoms. The van der Waals surface area contributed by atoms with E-state index in [2.05, 4.69) is 22.1 Å². The molecule has 6 heteroatoms. The van der Waals surface area contributed by atoms with E-state index in [9.17, 15) is 9.59 Å². The summed E-state index contributed by atoms with van der Waals surface area (Å²) in [5, 5.41) is 2.97. The standard InChI is InChI=1S/C22H32N4O2/c1-15-7-5-9-25(13-15)10-6-8-23-21(27)14-26-20-12-17(3)16(2)11-19(20)24-18(4)22(26)28/h11-12,15H,5-10,13-14H2,1-4H3,(H,23,27). The molecule has 1 amide bonds. The number of hydrogen-bond acceptors (Lipinski definition) is 4. The van der Waals surface area contributed by atoms with Crippen LogP contribution in [-0.4, -0.2) is 46.5 Å². The Morgan fingerprint density at radius 2 is 2.00 bits per heavy atom. The molecule has 0 bridgehead atoms. The summed E-state index contributed by atoms with van der Waals surface area (Å²) in [5.74, 6) is 0.643. The number of rotatable bonds is 6. The zero-order valence-corrected chi connectivity index (χ0v) is 17.5. The quantitative estimate of drug-likeness (QED) is 0.778. The Morgan fingerprint density at radius 1 is 1.25 bits per heavy atom. The van der Waals surface area contributed by atoms with Gasteiger partial charge in [-0.2, -0.15) is 0 Å². The Hall–Kier alpha value is -2.21. The molecule has 28 heavy (non-hydrogen) atoms. The predicted molar refractivity (Wildman–Crippen MR) is 113 cm³/mol. The largest absolute Gasteiger partial charge is 0.355 e. The van der Waals surface area contributed by atoms with E-state index in [1.165, 1.54) is 12.8 Å². The number of carbonyl (C=O) groups is 1. The first-order valence-corrected chi connectivity index (χ1v) is 10.3. The lowest BCUT2D eigenvalue weighted by Crippen LogP contribution is -2.37. The highest BCUT2D eigenvalue weighted by Gasteiger charge is 2.16. The molecule has 6 nitrogen and oxygen atoms in total. The lowest BCUT2D eigenvalue weighted by atomic mass is 10.0. The van der Waals surface area contributed by atoms with Crippen molar-refractivity contribution in [2.45, 2.75) is 53.5 Å². The smallest absolute Gasteiger partial charge is 0.272 e. The molecule has 152 valence electrons. The van der Waals surface area contributed by atoms with Crippen LogP contribution in [0.25, 0.3) is 11.0 Å². The molecule has 1 aromatic carbocycles. The van der Waals surface area contributed by atoms with Gasteiger partial charge in [-0.15, -0.1) is 0 Å². The highest BCUT2D eigenvalue weighted by Crippen LogP contribution is 2.17. The van der Waals surface area contributed by atoms with Crippen LogP contribution in [0.5, 0.6) is 0 Å². The molecule has 2 heterocycles. The van der Waals surface area contributed by atoms with Crippen LogP contribution in [0.3, 0.4) is 0 Å². The van der Waals surface area contributed by atoms with E-state index in [-0.39, 0.29) is 18.0 Å². The second kappa shape index (κ2) is 8.86. The van der Waals surface area contributed by atoms with Gasteiger partial charge >= 0.3 is 0 Å². The summed E-state index contributed by atoms with van der Waals surface area (Å²) in [6.07, 6.45) is 3.52. The van der Waals surface area contributed by atoms with E-state index < -0.39 is 0 Å². The van der Waals surface area contributed by atoms with Crippen molar-refractivity contribution < 1.29 is 4.79 Å². The Kier molecular flexibility index (Phi) is 6.50. The van der Waals surface area contributed by atoms with E-state index in [0.29, 0.717) is 12.2 Å².